The number of hydrogen-bond donors (Lipinski definition) is 2. The molecule has 1 aliphatic heterocycles. The lowest BCUT2D eigenvalue weighted by molar-refractivity contribution is -0.117. The molecule has 0 saturated heterocycles. The number of ether oxygens (including phenoxy) is 2. The van der Waals surface area contributed by atoms with Crippen molar-refractivity contribution in [3.05, 3.63) is 22.2 Å². The number of fused-ring (bicyclic) bond motifs is 1. The highest BCUT2D eigenvalue weighted by molar-refractivity contribution is 9.10. The van der Waals surface area contributed by atoms with Crippen LogP contribution in [0.4, 0.5) is 0 Å². The van der Waals surface area contributed by atoms with E-state index in [9.17, 15) is 4.79 Å². The number of carbonyl (C=O) groups is 1. The smallest absolute Gasteiger partial charge is 0.218 e. The maximum atomic E-state index is 10.6. The summed E-state index contributed by atoms with van der Waals surface area (Å²) < 4.78 is 11.9. The monoisotopic (exact) mass is 314 g/mol. The van der Waals surface area contributed by atoms with Gasteiger partial charge in [0.1, 0.15) is 13.2 Å². The molecule has 0 atom stereocenters. The lowest BCUT2D eigenvalue weighted by Gasteiger charge is -2.20. The molecule has 0 radical (unpaired) electrons. The maximum absolute atomic E-state index is 10.6. The van der Waals surface area contributed by atoms with Gasteiger partial charge in [0.2, 0.25) is 5.91 Å². The van der Waals surface area contributed by atoms with Crippen LogP contribution in [-0.2, 0) is 11.3 Å². The van der Waals surface area contributed by atoms with Crippen molar-refractivity contribution in [1.29, 1.82) is 0 Å². The van der Waals surface area contributed by atoms with Crippen molar-refractivity contribution in [3.63, 3.8) is 0 Å². The van der Waals surface area contributed by atoms with Crippen molar-refractivity contribution in [1.82, 2.24) is 5.32 Å². The predicted molar refractivity (Wildman–Crippen MR) is 70.7 cm³/mol. The first kappa shape index (κ1) is 13.2. The van der Waals surface area contributed by atoms with Crippen LogP contribution in [0.1, 0.15) is 12.0 Å². The highest BCUT2D eigenvalue weighted by Gasteiger charge is 2.16. The van der Waals surface area contributed by atoms with Crippen LogP contribution in [0.15, 0.2) is 16.6 Å². The third kappa shape index (κ3) is 3.36. The number of hydrogen-bond acceptors (Lipinski definition) is 4. The van der Waals surface area contributed by atoms with Gasteiger partial charge in [0, 0.05) is 19.5 Å². The summed E-state index contributed by atoms with van der Waals surface area (Å²) >= 11 is 3.46. The van der Waals surface area contributed by atoms with Crippen molar-refractivity contribution in [3.8, 4) is 11.5 Å². The first-order valence-corrected chi connectivity index (χ1v) is 6.53. The molecule has 0 aliphatic carbocycles. The molecule has 5 nitrogen and oxygen atoms in total. The minimum atomic E-state index is -0.300. The van der Waals surface area contributed by atoms with Crippen LogP contribution in [-0.4, -0.2) is 25.7 Å². The Morgan fingerprint density at radius 2 is 2.17 bits per heavy atom. The normalized spacial score (nSPS) is 13.4. The summed E-state index contributed by atoms with van der Waals surface area (Å²) in [4.78, 5) is 10.6. The maximum Gasteiger partial charge on any atom is 0.218 e. The van der Waals surface area contributed by atoms with E-state index < -0.39 is 0 Å². The molecule has 1 heterocycles. The molecular weight excluding hydrogens is 300 g/mol. The Hall–Kier alpha value is -1.27. The van der Waals surface area contributed by atoms with Gasteiger partial charge in [-0.15, -0.1) is 0 Å². The molecule has 98 valence electrons. The van der Waals surface area contributed by atoms with E-state index in [1.165, 1.54) is 0 Å². The van der Waals surface area contributed by atoms with E-state index in [1.807, 2.05) is 12.1 Å². The minimum absolute atomic E-state index is 0.300. The van der Waals surface area contributed by atoms with Crippen molar-refractivity contribution in [2.24, 2.45) is 5.73 Å². The van der Waals surface area contributed by atoms with E-state index in [2.05, 4.69) is 21.2 Å². The molecular formula is C12H15BrN2O3. The lowest BCUT2D eigenvalue weighted by atomic mass is 10.2. The highest BCUT2D eigenvalue weighted by Crippen LogP contribution is 2.38. The van der Waals surface area contributed by atoms with Crippen LogP contribution in [0, 0.1) is 0 Å². The van der Waals surface area contributed by atoms with E-state index in [0.717, 1.165) is 21.5 Å². The van der Waals surface area contributed by atoms with Crippen molar-refractivity contribution >= 4 is 21.8 Å². The van der Waals surface area contributed by atoms with Crippen LogP contribution in [0.5, 0.6) is 11.5 Å². The second kappa shape index (κ2) is 6.06. The summed E-state index contributed by atoms with van der Waals surface area (Å²) in [5, 5.41) is 3.15. The van der Waals surface area contributed by atoms with Gasteiger partial charge in [-0.1, -0.05) is 0 Å². The zero-order valence-corrected chi connectivity index (χ0v) is 11.5. The molecule has 1 amide bonds. The molecule has 1 aliphatic rings. The first-order chi connectivity index (χ1) is 8.66. The van der Waals surface area contributed by atoms with Crippen LogP contribution >= 0.6 is 15.9 Å². The van der Waals surface area contributed by atoms with E-state index in [-0.39, 0.29) is 5.91 Å². The summed E-state index contributed by atoms with van der Waals surface area (Å²) in [6, 6.07) is 3.92. The number of benzene rings is 1. The molecule has 2 rings (SSSR count). The fraction of sp³-hybridized carbons (Fsp3) is 0.417. The molecule has 0 bridgehead atoms. The standard InChI is InChI=1S/C12H15BrN2O3/c13-9-5-8(7-15-2-1-11(14)16)6-10-12(9)18-4-3-17-10/h5-6,15H,1-4,7H2,(H2,14,16). The van der Waals surface area contributed by atoms with E-state index >= 15 is 0 Å². The molecule has 0 unspecified atom stereocenters. The van der Waals surface area contributed by atoms with Crippen molar-refractivity contribution in [2.45, 2.75) is 13.0 Å². The first-order valence-electron chi connectivity index (χ1n) is 5.74. The number of nitrogens with one attached hydrogen (secondary N) is 1. The van der Waals surface area contributed by atoms with Crippen LogP contribution < -0.4 is 20.5 Å². The van der Waals surface area contributed by atoms with Crippen LogP contribution in [0.25, 0.3) is 0 Å². The number of carbonyl (C=O) groups excluding carboxylic acids is 1. The number of primary amides is 1. The second-order valence-corrected chi connectivity index (χ2v) is 4.85. The Morgan fingerprint density at radius 3 is 2.94 bits per heavy atom. The number of rotatable bonds is 5. The zero-order chi connectivity index (χ0) is 13.0. The summed E-state index contributed by atoms with van der Waals surface area (Å²) in [6.07, 6.45) is 0.339. The lowest BCUT2D eigenvalue weighted by Crippen LogP contribution is -2.22. The average Bonchev–Trinajstić information content (AvgIpc) is 2.35. The third-order valence-electron chi connectivity index (χ3n) is 2.53. The topological polar surface area (TPSA) is 73.6 Å². The van der Waals surface area contributed by atoms with Gasteiger partial charge in [-0.3, -0.25) is 4.79 Å². The van der Waals surface area contributed by atoms with E-state index in [1.54, 1.807) is 0 Å². The molecule has 3 N–H and O–H groups in total. The second-order valence-electron chi connectivity index (χ2n) is 3.99. The van der Waals surface area contributed by atoms with E-state index in [0.29, 0.717) is 32.7 Å². The quantitative estimate of drug-likeness (QED) is 0.801. The Kier molecular flexibility index (Phi) is 4.43. The molecule has 1 aromatic rings. The third-order valence-corrected chi connectivity index (χ3v) is 3.12. The number of amides is 1. The zero-order valence-electron chi connectivity index (χ0n) is 9.87. The fourth-order valence-corrected chi connectivity index (χ4v) is 2.31. The number of nitrogens with two attached hydrogens (primary N) is 1. The Bertz CT molecular complexity index is 451. The van der Waals surface area contributed by atoms with Gasteiger partial charge < -0.3 is 20.5 Å². The molecule has 0 saturated carbocycles. The van der Waals surface area contributed by atoms with Crippen LogP contribution in [0.3, 0.4) is 0 Å². The van der Waals surface area contributed by atoms with Gasteiger partial charge in [-0.05, 0) is 33.6 Å². The summed E-state index contributed by atoms with van der Waals surface area (Å²) in [5.41, 5.74) is 6.13. The van der Waals surface area contributed by atoms with Gasteiger partial charge in [0.15, 0.2) is 11.5 Å². The molecule has 18 heavy (non-hydrogen) atoms. The Labute approximate surface area is 114 Å². The molecule has 0 fully saturated rings. The van der Waals surface area contributed by atoms with E-state index in [4.69, 9.17) is 15.2 Å². The van der Waals surface area contributed by atoms with Gasteiger partial charge in [0.25, 0.3) is 0 Å². The van der Waals surface area contributed by atoms with Gasteiger partial charge in [0.05, 0.1) is 4.47 Å². The number of halogens is 1. The highest BCUT2D eigenvalue weighted by atomic mass is 79.9. The molecule has 0 spiro atoms. The molecule has 1 aromatic carbocycles. The summed E-state index contributed by atoms with van der Waals surface area (Å²) in [5.74, 6) is 1.20. The average molecular weight is 315 g/mol. The Morgan fingerprint density at radius 1 is 1.39 bits per heavy atom. The summed E-state index contributed by atoms with van der Waals surface area (Å²) in [6.45, 7) is 2.36. The largest absolute Gasteiger partial charge is 0.486 e. The Balaban J connectivity index is 1.97. The van der Waals surface area contributed by atoms with Crippen LogP contribution in [0.2, 0.25) is 0 Å². The minimum Gasteiger partial charge on any atom is -0.486 e. The molecule has 0 aromatic heterocycles. The van der Waals surface area contributed by atoms with Gasteiger partial charge in [-0.25, -0.2) is 0 Å². The van der Waals surface area contributed by atoms with Crippen molar-refractivity contribution < 1.29 is 14.3 Å². The summed E-state index contributed by atoms with van der Waals surface area (Å²) in [7, 11) is 0. The fourth-order valence-electron chi connectivity index (χ4n) is 1.71. The van der Waals surface area contributed by atoms with Gasteiger partial charge >= 0.3 is 0 Å². The predicted octanol–water partition coefficient (Wildman–Crippen LogP) is 1.19. The van der Waals surface area contributed by atoms with Crippen molar-refractivity contribution in [2.75, 3.05) is 19.8 Å². The van der Waals surface area contributed by atoms with Gasteiger partial charge in [-0.2, -0.15) is 0 Å². The SMILES string of the molecule is NC(=O)CCNCc1cc(Br)c2c(c1)OCCO2. The molecule has 6 heteroatoms.